The smallest absolute Gasteiger partial charge is 0.219 e. The average molecular weight is 434 g/mol. The summed E-state index contributed by atoms with van der Waals surface area (Å²) < 4.78 is 12.1. The Kier molecular flexibility index (Phi) is 8.29. The SMILES string of the molecule is Cl.Cl.NCC(N)c1ccc(Oc2ccc3c(c2)CCC(c2ccccc2)O3)nc1. The topological polar surface area (TPSA) is 83.4 Å². The van der Waals surface area contributed by atoms with Crippen molar-refractivity contribution >= 4 is 24.8 Å². The number of aryl methyl sites for hydroxylation is 1. The van der Waals surface area contributed by atoms with Crippen LogP contribution in [0.2, 0.25) is 0 Å². The van der Waals surface area contributed by atoms with Crippen LogP contribution in [0, 0.1) is 0 Å². The van der Waals surface area contributed by atoms with E-state index in [1.165, 1.54) is 5.56 Å². The number of hydrogen-bond acceptors (Lipinski definition) is 5. The Morgan fingerprint density at radius 3 is 2.55 bits per heavy atom. The summed E-state index contributed by atoms with van der Waals surface area (Å²) in [5.41, 5.74) is 14.8. The molecule has 4 N–H and O–H groups in total. The molecule has 2 aromatic carbocycles. The normalized spacial score (nSPS) is 15.7. The van der Waals surface area contributed by atoms with Crippen LogP contribution in [0.1, 0.15) is 35.3 Å². The van der Waals surface area contributed by atoms with Crippen molar-refractivity contribution in [1.29, 1.82) is 0 Å². The molecule has 5 nitrogen and oxygen atoms in total. The Balaban J connectivity index is 0.00000150. The van der Waals surface area contributed by atoms with Crippen LogP contribution in [0.4, 0.5) is 0 Å². The molecular formula is C22H25Cl2N3O2. The number of ether oxygens (including phenoxy) is 2. The van der Waals surface area contributed by atoms with Crippen LogP contribution < -0.4 is 20.9 Å². The Morgan fingerprint density at radius 2 is 1.86 bits per heavy atom. The van der Waals surface area contributed by atoms with Crippen molar-refractivity contribution in [2.24, 2.45) is 11.5 Å². The maximum absolute atomic E-state index is 6.18. The molecular weight excluding hydrogens is 409 g/mol. The molecule has 3 aromatic rings. The number of aromatic nitrogens is 1. The molecule has 2 atom stereocenters. The quantitative estimate of drug-likeness (QED) is 0.606. The highest BCUT2D eigenvalue weighted by atomic mass is 35.5. The van der Waals surface area contributed by atoms with E-state index in [9.17, 15) is 0 Å². The first-order chi connectivity index (χ1) is 13.2. The van der Waals surface area contributed by atoms with Gasteiger partial charge in [-0.1, -0.05) is 36.4 Å². The lowest BCUT2D eigenvalue weighted by Gasteiger charge is -2.26. The lowest BCUT2D eigenvalue weighted by molar-refractivity contribution is 0.176. The maximum atomic E-state index is 6.18. The van der Waals surface area contributed by atoms with Crippen molar-refractivity contribution in [2.45, 2.75) is 25.0 Å². The van der Waals surface area contributed by atoms with Crippen LogP contribution in [0.5, 0.6) is 17.4 Å². The molecule has 29 heavy (non-hydrogen) atoms. The third kappa shape index (κ3) is 5.40. The van der Waals surface area contributed by atoms with Crippen molar-refractivity contribution < 1.29 is 9.47 Å². The molecule has 1 aliphatic rings. The summed E-state index contributed by atoms with van der Waals surface area (Å²) in [5.74, 6) is 2.19. The molecule has 1 aromatic heterocycles. The van der Waals surface area contributed by atoms with Crippen LogP contribution in [0.25, 0.3) is 0 Å². The highest BCUT2D eigenvalue weighted by Crippen LogP contribution is 2.37. The summed E-state index contributed by atoms with van der Waals surface area (Å²) in [5, 5.41) is 0. The van der Waals surface area contributed by atoms with Crippen LogP contribution in [0.15, 0.2) is 66.9 Å². The van der Waals surface area contributed by atoms with Crippen LogP contribution >= 0.6 is 24.8 Å². The molecule has 0 aliphatic carbocycles. The van der Waals surface area contributed by atoms with Crippen molar-refractivity contribution in [1.82, 2.24) is 4.98 Å². The minimum atomic E-state index is -0.204. The zero-order valence-corrected chi connectivity index (χ0v) is 17.5. The number of nitrogens with two attached hydrogens (primary N) is 2. The second kappa shape index (κ2) is 10.5. The van der Waals surface area contributed by atoms with E-state index in [0.29, 0.717) is 12.4 Å². The number of fused-ring (bicyclic) bond motifs is 1. The van der Waals surface area contributed by atoms with E-state index in [-0.39, 0.29) is 37.0 Å². The summed E-state index contributed by atoms with van der Waals surface area (Å²) >= 11 is 0. The minimum Gasteiger partial charge on any atom is -0.485 e. The Morgan fingerprint density at radius 1 is 1.07 bits per heavy atom. The summed E-state index contributed by atoms with van der Waals surface area (Å²) in [4.78, 5) is 4.32. The van der Waals surface area contributed by atoms with Crippen LogP contribution in [-0.4, -0.2) is 11.5 Å². The van der Waals surface area contributed by atoms with E-state index in [1.54, 1.807) is 6.20 Å². The zero-order chi connectivity index (χ0) is 18.6. The molecule has 0 spiro atoms. The van der Waals surface area contributed by atoms with Gasteiger partial charge in [0.25, 0.3) is 0 Å². The molecule has 0 bridgehead atoms. The first-order valence-electron chi connectivity index (χ1n) is 9.17. The van der Waals surface area contributed by atoms with Gasteiger partial charge in [-0.05, 0) is 47.7 Å². The van der Waals surface area contributed by atoms with Gasteiger partial charge < -0.3 is 20.9 Å². The predicted molar refractivity (Wildman–Crippen MR) is 119 cm³/mol. The fraction of sp³-hybridized carbons (Fsp3) is 0.227. The van der Waals surface area contributed by atoms with Crippen molar-refractivity contribution in [3.63, 3.8) is 0 Å². The van der Waals surface area contributed by atoms with E-state index < -0.39 is 0 Å². The monoisotopic (exact) mass is 433 g/mol. The van der Waals surface area contributed by atoms with Gasteiger partial charge in [-0.3, -0.25) is 0 Å². The Labute approximate surface area is 183 Å². The van der Waals surface area contributed by atoms with Gasteiger partial charge >= 0.3 is 0 Å². The summed E-state index contributed by atoms with van der Waals surface area (Å²) in [6.07, 6.45) is 3.71. The Hall–Kier alpha value is -2.31. The first kappa shape index (κ1) is 23.0. The maximum Gasteiger partial charge on any atom is 0.219 e. The van der Waals surface area contributed by atoms with Gasteiger partial charge in [-0.25, -0.2) is 4.98 Å². The fourth-order valence-electron chi connectivity index (χ4n) is 3.26. The molecule has 0 saturated carbocycles. The van der Waals surface area contributed by atoms with Crippen molar-refractivity contribution in [3.05, 3.63) is 83.6 Å². The number of pyridine rings is 1. The third-order valence-electron chi connectivity index (χ3n) is 4.81. The largest absolute Gasteiger partial charge is 0.485 e. The average Bonchev–Trinajstić information content (AvgIpc) is 2.74. The molecule has 0 amide bonds. The molecule has 1 aliphatic heterocycles. The van der Waals surface area contributed by atoms with E-state index in [2.05, 4.69) is 17.1 Å². The highest BCUT2D eigenvalue weighted by Gasteiger charge is 2.21. The van der Waals surface area contributed by atoms with Gasteiger partial charge in [0.1, 0.15) is 17.6 Å². The lowest BCUT2D eigenvalue weighted by atomic mass is 9.97. The predicted octanol–water partition coefficient (Wildman–Crippen LogP) is 4.74. The second-order valence-electron chi connectivity index (χ2n) is 6.70. The van der Waals surface area contributed by atoms with E-state index in [1.807, 2.05) is 48.5 Å². The van der Waals surface area contributed by atoms with Gasteiger partial charge in [-0.2, -0.15) is 0 Å². The van der Waals surface area contributed by atoms with Gasteiger partial charge in [0.05, 0.1) is 0 Å². The molecule has 0 radical (unpaired) electrons. The van der Waals surface area contributed by atoms with Crippen LogP contribution in [-0.2, 0) is 6.42 Å². The van der Waals surface area contributed by atoms with Crippen LogP contribution in [0.3, 0.4) is 0 Å². The van der Waals surface area contributed by atoms with E-state index in [0.717, 1.165) is 35.5 Å². The molecule has 7 heteroatoms. The van der Waals surface area contributed by atoms with Gasteiger partial charge in [-0.15, -0.1) is 24.8 Å². The molecule has 2 unspecified atom stereocenters. The second-order valence-corrected chi connectivity index (χ2v) is 6.70. The zero-order valence-electron chi connectivity index (χ0n) is 15.9. The lowest BCUT2D eigenvalue weighted by Crippen LogP contribution is -2.20. The number of rotatable bonds is 5. The highest BCUT2D eigenvalue weighted by molar-refractivity contribution is 5.85. The van der Waals surface area contributed by atoms with E-state index >= 15 is 0 Å². The number of nitrogens with zero attached hydrogens (tertiary/aromatic N) is 1. The van der Waals surface area contributed by atoms with Gasteiger partial charge in [0.15, 0.2) is 0 Å². The minimum absolute atomic E-state index is 0. The molecule has 4 rings (SSSR count). The first-order valence-corrected chi connectivity index (χ1v) is 9.17. The summed E-state index contributed by atoms with van der Waals surface area (Å²) in [6, 6.07) is 19.7. The molecule has 2 heterocycles. The van der Waals surface area contributed by atoms with Gasteiger partial charge in [0, 0.05) is 24.8 Å². The molecule has 0 saturated heterocycles. The number of halogens is 2. The molecule has 154 valence electrons. The Bertz CT molecular complexity index is 908. The standard InChI is InChI=1S/C22H23N3O2.2ClH/c23-13-19(24)17-7-11-22(25-14-17)26-18-8-10-21-16(12-18)6-9-20(27-21)15-4-2-1-3-5-15;;/h1-5,7-8,10-12,14,19-20H,6,9,13,23-24H2;2*1H. The van der Waals surface area contributed by atoms with E-state index in [4.69, 9.17) is 20.9 Å². The third-order valence-corrected chi connectivity index (χ3v) is 4.81. The molecule has 0 fully saturated rings. The summed E-state index contributed by atoms with van der Waals surface area (Å²) in [6.45, 7) is 0.386. The number of hydrogen-bond donors (Lipinski definition) is 2. The van der Waals surface area contributed by atoms with Crippen molar-refractivity contribution in [2.75, 3.05) is 6.54 Å². The fourth-order valence-corrected chi connectivity index (χ4v) is 3.26. The van der Waals surface area contributed by atoms with Gasteiger partial charge in [0.2, 0.25) is 5.88 Å². The summed E-state index contributed by atoms with van der Waals surface area (Å²) in [7, 11) is 0. The number of benzene rings is 2. The van der Waals surface area contributed by atoms with Crippen molar-refractivity contribution in [3.8, 4) is 17.4 Å².